The smallest absolute Gasteiger partial charge is 0.169 e. The first-order valence-corrected chi connectivity index (χ1v) is 15.3. The summed E-state index contributed by atoms with van der Waals surface area (Å²) >= 11 is 0. The van der Waals surface area contributed by atoms with Crippen LogP contribution < -0.4 is 0 Å². The zero-order chi connectivity index (χ0) is 10.7. The molecule has 0 saturated heterocycles. The fourth-order valence-electron chi connectivity index (χ4n) is 2.02. The topological polar surface area (TPSA) is 9.23 Å². The van der Waals surface area contributed by atoms with Gasteiger partial charge in [0.25, 0.3) is 0 Å². The molecule has 0 aliphatic carbocycles. The monoisotopic (exact) mass is 249 g/mol. The lowest BCUT2D eigenvalue weighted by Crippen LogP contribution is -2.38. The van der Waals surface area contributed by atoms with E-state index in [1.807, 2.05) is 0 Å². The van der Waals surface area contributed by atoms with Gasteiger partial charge in [-0.05, 0) is 18.8 Å². The molecule has 0 rings (SSSR count). The summed E-state index contributed by atoms with van der Waals surface area (Å²) in [5.74, 6) is 0. The average molecular weight is 250 g/mol. The lowest BCUT2D eigenvalue weighted by Gasteiger charge is -2.27. The lowest BCUT2D eigenvalue weighted by atomic mass is 11.7. The molecule has 0 heterocycles. The van der Waals surface area contributed by atoms with Crippen molar-refractivity contribution in [1.29, 1.82) is 0 Å². The molecule has 0 spiro atoms. The van der Waals surface area contributed by atoms with Crippen molar-refractivity contribution in [2.75, 3.05) is 0 Å². The van der Waals surface area contributed by atoms with E-state index in [-0.39, 0.29) is 0 Å². The van der Waals surface area contributed by atoms with Crippen LogP contribution >= 0.6 is 0 Å². The Labute approximate surface area is 90.6 Å². The molecule has 0 fully saturated rings. The zero-order valence-corrected chi connectivity index (χ0v) is 14.7. The van der Waals surface area contributed by atoms with Gasteiger partial charge in [0.1, 0.15) is 0 Å². The average Bonchev–Trinajstić information content (AvgIpc) is 1.81. The van der Waals surface area contributed by atoms with E-state index < -0.39 is 25.2 Å². The molecule has 0 aliphatic rings. The van der Waals surface area contributed by atoms with E-state index in [1.54, 1.807) is 16.2 Å². The summed E-state index contributed by atoms with van der Waals surface area (Å²) in [6.07, 6.45) is 0. The first-order chi connectivity index (χ1) is 5.66. The molecule has 1 nitrogen and oxygen atoms in total. The van der Waals surface area contributed by atoms with E-state index >= 15 is 0 Å². The zero-order valence-electron chi connectivity index (χ0n) is 10.1. The third-order valence-electron chi connectivity index (χ3n) is 2.19. The highest BCUT2D eigenvalue weighted by Crippen LogP contribution is 2.19. The molecule has 0 bridgehead atoms. The highest BCUT2D eigenvalue weighted by Gasteiger charge is 2.26. The fourth-order valence-corrected chi connectivity index (χ4v) is 20.5. The van der Waals surface area contributed by atoms with Crippen LogP contribution in [0.15, 0.2) is 0 Å². The van der Waals surface area contributed by atoms with Crippen molar-refractivity contribution in [3.8, 4) is 0 Å². The molecule has 1 unspecified atom stereocenters. The minimum absolute atomic E-state index is 0.467. The third kappa shape index (κ3) is 7.87. The normalized spacial score (nSPS) is 15.9. The summed E-state index contributed by atoms with van der Waals surface area (Å²) in [6, 6.07) is 0. The SMILES string of the molecule is C[SiH](C[Si](C)(C)C)C[Si](C)(C)O[SiH2]. The van der Waals surface area contributed by atoms with Gasteiger partial charge < -0.3 is 4.12 Å². The van der Waals surface area contributed by atoms with Crippen LogP contribution in [-0.2, 0) is 4.12 Å². The summed E-state index contributed by atoms with van der Waals surface area (Å²) in [5, 5.41) is 0. The molecule has 0 aliphatic heterocycles. The molecule has 13 heavy (non-hydrogen) atoms. The second-order valence-corrected chi connectivity index (χ2v) is 21.2. The molecule has 0 amide bonds. The molecule has 79 valence electrons. The number of rotatable bonds is 5. The molecule has 0 aromatic rings. The Kier molecular flexibility index (Phi) is 5.38. The maximum Gasteiger partial charge on any atom is 0.169 e. The summed E-state index contributed by atoms with van der Waals surface area (Å²) < 4.78 is 5.64. The summed E-state index contributed by atoms with van der Waals surface area (Å²) in [5.41, 5.74) is 3.04. The predicted octanol–water partition coefficient (Wildman–Crippen LogP) is 2.03. The van der Waals surface area contributed by atoms with Crippen molar-refractivity contribution in [1.82, 2.24) is 0 Å². The molecule has 1 radical (unpaired) electrons. The highest BCUT2D eigenvalue weighted by atomic mass is 28.4. The Hall–Kier alpha value is 0.828. The standard InChI is InChI=1S/C8H25OSi4/c1-11(7-12(2,3)4)8-13(5,6)9-10/h11H,7-8,10H2,1-6H3. The van der Waals surface area contributed by atoms with Crippen molar-refractivity contribution < 1.29 is 4.12 Å². The largest absolute Gasteiger partial charge is 0.461 e. The quantitative estimate of drug-likeness (QED) is 0.678. The van der Waals surface area contributed by atoms with E-state index in [9.17, 15) is 0 Å². The van der Waals surface area contributed by atoms with Crippen LogP contribution in [0.2, 0.25) is 50.6 Å². The van der Waals surface area contributed by atoms with Gasteiger partial charge in [-0.25, -0.2) is 0 Å². The van der Waals surface area contributed by atoms with Gasteiger partial charge >= 0.3 is 0 Å². The molecule has 0 aromatic carbocycles. The predicted molar refractivity (Wildman–Crippen MR) is 73.1 cm³/mol. The number of hydrogen-bond acceptors (Lipinski definition) is 1. The van der Waals surface area contributed by atoms with Gasteiger partial charge in [0.2, 0.25) is 0 Å². The number of hydrogen-bond donors (Lipinski definition) is 0. The Morgan fingerprint density at radius 1 is 1.08 bits per heavy atom. The second-order valence-electron chi connectivity index (χ2n) is 5.98. The van der Waals surface area contributed by atoms with Crippen LogP contribution in [0, 0.1) is 0 Å². The van der Waals surface area contributed by atoms with Gasteiger partial charge in [-0.15, -0.1) is 0 Å². The Balaban J connectivity index is 3.94. The summed E-state index contributed by atoms with van der Waals surface area (Å²) in [6.45, 7) is 14.7. The van der Waals surface area contributed by atoms with Crippen molar-refractivity contribution in [3.63, 3.8) is 0 Å². The van der Waals surface area contributed by atoms with Crippen molar-refractivity contribution in [2.24, 2.45) is 0 Å². The fraction of sp³-hybridized carbons (Fsp3) is 1.00. The minimum Gasteiger partial charge on any atom is -0.461 e. The first-order valence-electron chi connectivity index (χ1n) is 5.09. The van der Waals surface area contributed by atoms with Gasteiger partial charge in [0.05, 0.1) is 0 Å². The first kappa shape index (κ1) is 13.8. The van der Waals surface area contributed by atoms with Crippen LogP contribution in [-0.4, -0.2) is 35.7 Å². The van der Waals surface area contributed by atoms with Crippen molar-refractivity contribution >= 4 is 35.7 Å². The van der Waals surface area contributed by atoms with Crippen LogP contribution in [0.1, 0.15) is 0 Å². The lowest BCUT2D eigenvalue weighted by molar-refractivity contribution is 0.616. The van der Waals surface area contributed by atoms with Crippen LogP contribution in [0.3, 0.4) is 0 Å². The van der Waals surface area contributed by atoms with E-state index in [1.165, 1.54) is 5.67 Å². The van der Waals surface area contributed by atoms with Gasteiger partial charge in [0.15, 0.2) is 18.8 Å². The maximum atomic E-state index is 5.64. The van der Waals surface area contributed by atoms with Crippen LogP contribution in [0.25, 0.3) is 0 Å². The van der Waals surface area contributed by atoms with E-state index in [0.29, 0.717) is 0 Å². The Morgan fingerprint density at radius 3 is 1.85 bits per heavy atom. The minimum atomic E-state index is -1.24. The highest BCUT2D eigenvalue weighted by molar-refractivity contribution is 6.93. The van der Waals surface area contributed by atoms with Gasteiger partial charge in [-0.2, -0.15) is 0 Å². The van der Waals surface area contributed by atoms with Crippen molar-refractivity contribution in [3.05, 3.63) is 0 Å². The van der Waals surface area contributed by atoms with E-state index in [2.05, 4.69) is 39.3 Å². The maximum absolute atomic E-state index is 5.64. The Bertz CT molecular complexity index is 153. The summed E-state index contributed by atoms with van der Waals surface area (Å²) in [7, 11) is -0.812. The second kappa shape index (κ2) is 5.06. The molecular weight excluding hydrogens is 224 g/mol. The van der Waals surface area contributed by atoms with Gasteiger partial charge in [0, 0.05) is 16.9 Å². The van der Waals surface area contributed by atoms with Crippen LogP contribution in [0.4, 0.5) is 0 Å². The Morgan fingerprint density at radius 2 is 1.54 bits per heavy atom. The molecule has 1 atom stereocenters. The molecule has 0 N–H and O–H groups in total. The van der Waals surface area contributed by atoms with Crippen molar-refractivity contribution in [2.45, 2.75) is 50.6 Å². The van der Waals surface area contributed by atoms with E-state index in [4.69, 9.17) is 4.12 Å². The third-order valence-corrected chi connectivity index (χ3v) is 19.7. The van der Waals surface area contributed by atoms with E-state index in [0.717, 1.165) is 0 Å². The molecule has 5 heteroatoms. The van der Waals surface area contributed by atoms with Gasteiger partial charge in [-0.3, -0.25) is 0 Å². The molecule has 0 aromatic heterocycles. The van der Waals surface area contributed by atoms with Crippen LogP contribution in [0.5, 0.6) is 0 Å². The summed E-state index contributed by atoms with van der Waals surface area (Å²) in [4.78, 5) is 0. The van der Waals surface area contributed by atoms with Gasteiger partial charge in [-0.1, -0.05) is 31.9 Å². The molecule has 0 saturated carbocycles. The molecular formula is C8H25OSi4.